The highest BCUT2D eigenvalue weighted by Crippen LogP contribution is 2.23. The minimum absolute atomic E-state index is 0.608. The monoisotopic (exact) mass is 404 g/mol. The third kappa shape index (κ3) is 12.6. The summed E-state index contributed by atoms with van der Waals surface area (Å²) in [7, 11) is 0. The van der Waals surface area contributed by atoms with Crippen LogP contribution in [0.4, 0.5) is 0 Å². The van der Waals surface area contributed by atoms with Gasteiger partial charge in [-0.1, -0.05) is 0 Å². The van der Waals surface area contributed by atoms with E-state index in [-0.39, 0.29) is 0 Å². The quantitative estimate of drug-likeness (QED) is 0.212. The van der Waals surface area contributed by atoms with E-state index in [1.165, 1.54) is 0 Å². The number of hydrogen-bond acceptors (Lipinski definition) is 8. The highest BCUT2D eigenvalue weighted by atomic mass is 17.2. The van der Waals surface area contributed by atoms with Crippen LogP contribution in [0, 0.1) is 0 Å². The zero-order chi connectivity index (χ0) is 22.6. The molecule has 0 heterocycles. The fourth-order valence-electron chi connectivity index (χ4n) is 1.31. The second-order valence-corrected chi connectivity index (χ2v) is 10.2. The van der Waals surface area contributed by atoms with E-state index in [9.17, 15) is 9.59 Å². The molecular weight excluding hydrogens is 368 g/mol. The van der Waals surface area contributed by atoms with Gasteiger partial charge in [-0.05, 0) is 83.1 Å². The van der Waals surface area contributed by atoms with Gasteiger partial charge in [0.1, 0.15) is 22.4 Å². The Morgan fingerprint density at radius 1 is 0.464 bits per heavy atom. The smallest absolute Gasteiger partial charge is 0.382 e. The van der Waals surface area contributed by atoms with Gasteiger partial charge in [-0.2, -0.15) is 9.78 Å². The lowest BCUT2D eigenvalue weighted by molar-refractivity contribution is -0.343. The lowest BCUT2D eigenvalue weighted by Gasteiger charge is -2.25. The van der Waals surface area contributed by atoms with Crippen molar-refractivity contribution < 1.29 is 38.6 Å². The van der Waals surface area contributed by atoms with E-state index in [0.29, 0.717) is 0 Å². The van der Waals surface area contributed by atoms with Crippen molar-refractivity contribution in [3.05, 3.63) is 11.5 Å². The number of hydrogen-bond donors (Lipinski definition) is 0. The lowest BCUT2D eigenvalue weighted by Crippen LogP contribution is -2.32. The molecule has 164 valence electrons. The third-order valence-corrected chi connectivity index (χ3v) is 2.12. The van der Waals surface area contributed by atoms with E-state index in [2.05, 4.69) is 0 Å². The summed E-state index contributed by atoms with van der Waals surface area (Å²) in [4.78, 5) is 46.2. The van der Waals surface area contributed by atoms with Crippen LogP contribution < -0.4 is 0 Å². The third-order valence-electron chi connectivity index (χ3n) is 2.12. The van der Waals surface area contributed by atoms with Gasteiger partial charge < -0.3 is 19.2 Å². The van der Waals surface area contributed by atoms with Crippen molar-refractivity contribution >= 4 is 11.9 Å². The van der Waals surface area contributed by atoms with Crippen LogP contribution in [-0.4, -0.2) is 34.3 Å². The van der Waals surface area contributed by atoms with Gasteiger partial charge in [0.15, 0.2) is 0 Å². The van der Waals surface area contributed by atoms with Crippen LogP contribution in [0.1, 0.15) is 83.1 Å². The molecular formula is C20H36O8. The number of carbonyl (C=O) groups is 2. The Balaban J connectivity index is 6.16. The predicted octanol–water partition coefficient (Wildman–Crippen LogP) is 4.37. The zero-order valence-corrected chi connectivity index (χ0v) is 19.3. The van der Waals surface area contributed by atoms with Crippen molar-refractivity contribution in [1.82, 2.24) is 0 Å². The molecule has 0 aromatic carbocycles. The second kappa shape index (κ2) is 9.13. The van der Waals surface area contributed by atoms with Crippen LogP contribution in [-0.2, 0) is 38.6 Å². The van der Waals surface area contributed by atoms with Crippen molar-refractivity contribution in [2.24, 2.45) is 0 Å². The van der Waals surface area contributed by atoms with Crippen LogP contribution in [0.2, 0.25) is 0 Å². The van der Waals surface area contributed by atoms with Gasteiger partial charge in [0.25, 0.3) is 0 Å². The van der Waals surface area contributed by atoms with Gasteiger partial charge in [-0.15, -0.1) is 0 Å². The van der Waals surface area contributed by atoms with Crippen molar-refractivity contribution in [3.8, 4) is 0 Å². The van der Waals surface area contributed by atoms with E-state index in [1.807, 2.05) is 0 Å². The zero-order valence-electron chi connectivity index (χ0n) is 19.3. The maximum Gasteiger partial charge on any atom is 0.382 e. The molecule has 0 rings (SSSR count). The maximum absolute atomic E-state index is 12.7. The van der Waals surface area contributed by atoms with E-state index >= 15 is 0 Å². The Labute approximate surface area is 168 Å². The predicted molar refractivity (Wildman–Crippen MR) is 103 cm³/mol. The Kier molecular flexibility index (Phi) is 8.55. The molecule has 0 aliphatic carbocycles. The van der Waals surface area contributed by atoms with Crippen molar-refractivity contribution in [2.75, 3.05) is 0 Å². The van der Waals surface area contributed by atoms with Gasteiger partial charge >= 0.3 is 23.5 Å². The number of rotatable bonds is 6. The summed E-state index contributed by atoms with van der Waals surface area (Å²) in [6, 6.07) is 0. The summed E-state index contributed by atoms with van der Waals surface area (Å²) >= 11 is 0. The van der Waals surface area contributed by atoms with Crippen LogP contribution >= 0.6 is 0 Å². The van der Waals surface area contributed by atoms with Crippen molar-refractivity contribution in [3.63, 3.8) is 0 Å². The highest BCUT2D eigenvalue weighted by molar-refractivity contribution is 5.97. The fourth-order valence-corrected chi connectivity index (χ4v) is 1.31. The Bertz CT molecular complexity index is 525. The van der Waals surface area contributed by atoms with E-state index in [4.69, 9.17) is 29.0 Å². The second-order valence-electron chi connectivity index (χ2n) is 10.2. The first-order chi connectivity index (χ1) is 12.2. The summed E-state index contributed by atoms with van der Waals surface area (Å²) in [5.41, 5.74) is -3.26. The Morgan fingerprint density at radius 3 is 0.893 bits per heavy atom. The molecule has 0 amide bonds. The van der Waals surface area contributed by atoms with Gasteiger partial charge in [0, 0.05) is 0 Å². The first kappa shape index (κ1) is 26.2. The van der Waals surface area contributed by atoms with Crippen LogP contribution in [0.3, 0.4) is 0 Å². The number of ether oxygens (including phenoxy) is 2. The molecule has 0 radical (unpaired) electrons. The molecule has 0 aromatic rings. The lowest BCUT2D eigenvalue weighted by atomic mass is 10.2. The summed E-state index contributed by atoms with van der Waals surface area (Å²) in [5, 5.41) is 0. The normalized spacial score (nSPS) is 14.1. The van der Waals surface area contributed by atoms with Gasteiger partial charge in [0.05, 0.1) is 0 Å². The molecule has 28 heavy (non-hydrogen) atoms. The molecule has 0 saturated carbocycles. The van der Waals surface area contributed by atoms with Crippen LogP contribution in [0.15, 0.2) is 11.5 Å². The number of esters is 2. The molecule has 0 bridgehead atoms. The minimum atomic E-state index is -0.963. The average molecular weight is 405 g/mol. The highest BCUT2D eigenvalue weighted by Gasteiger charge is 2.36. The summed E-state index contributed by atoms with van der Waals surface area (Å²) in [5.74, 6) is -3.14. The maximum atomic E-state index is 12.7. The molecule has 0 aliphatic rings. The van der Waals surface area contributed by atoms with E-state index in [0.717, 1.165) is 0 Å². The Hall–Kier alpha value is -1.80. The fraction of sp³-hybridized carbons (Fsp3) is 0.800. The van der Waals surface area contributed by atoms with Crippen molar-refractivity contribution in [1.29, 1.82) is 0 Å². The van der Waals surface area contributed by atoms with Gasteiger partial charge in [-0.3, -0.25) is 0 Å². The molecule has 0 unspecified atom stereocenters. The molecule has 8 heteroatoms. The summed E-state index contributed by atoms with van der Waals surface area (Å²) in [6.07, 6.45) is 0. The molecule has 8 nitrogen and oxygen atoms in total. The minimum Gasteiger partial charge on any atom is -0.454 e. The average Bonchev–Trinajstić information content (AvgIpc) is 2.35. The molecule has 0 aliphatic heterocycles. The van der Waals surface area contributed by atoms with Crippen molar-refractivity contribution in [2.45, 2.75) is 105 Å². The summed E-state index contributed by atoms with van der Waals surface area (Å²) < 4.78 is 10.6. The molecule has 0 fully saturated rings. The molecule has 0 saturated heterocycles. The van der Waals surface area contributed by atoms with Gasteiger partial charge in [0.2, 0.25) is 0 Å². The molecule has 0 spiro atoms. The standard InChI is InChI=1S/C20H36O8/c1-17(2,3)23-15(21)13(25-27-19(7,8)9)14(26-28-20(10,11)12)16(22)24-18(4,5)6/h1-12H3/b14-13+. The largest absolute Gasteiger partial charge is 0.454 e. The molecule has 0 N–H and O–H groups in total. The Morgan fingerprint density at radius 2 is 0.714 bits per heavy atom. The molecule has 0 aromatic heterocycles. The van der Waals surface area contributed by atoms with Crippen LogP contribution in [0.5, 0.6) is 0 Å². The van der Waals surface area contributed by atoms with Gasteiger partial charge in [-0.25, -0.2) is 9.59 Å². The number of carbonyl (C=O) groups excluding carboxylic acids is 2. The SMILES string of the molecule is CC(C)(C)OO/C(C(=O)OC(C)(C)C)=C(/OOC(C)(C)C)C(=O)OC(C)(C)C. The first-order valence-corrected chi connectivity index (χ1v) is 9.12. The van der Waals surface area contributed by atoms with E-state index in [1.54, 1.807) is 83.1 Å². The summed E-state index contributed by atoms with van der Waals surface area (Å²) in [6.45, 7) is 20.3. The molecule has 0 atom stereocenters. The first-order valence-electron chi connectivity index (χ1n) is 9.12. The van der Waals surface area contributed by atoms with E-state index < -0.39 is 45.9 Å². The topological polar surface area (TPSA) is 89.5 Å². The van der Waals surface area contributed by atoms with Crippen LogP contribution in [0.25, 0.3) is 0 Å².